The van der Waals surface area contributed by atoms with Crippen molar-refractivity contribution in [3.8, 4) is 6.07 Å². The first-order valence-electron chi connectivity index (χ1n) is 5.72. The maximum Gasteiger partial charge on any atom is 0.150 e. The molecule has 0 saturated carbocycles. The molecule has 0 bridgehead atoms. The van der Waals surface area contributed by atoms with Crippen molar-refractivity contribution in [3.63, 3.8) is 0 Å². The standard InChI is InChI=1S/C12H20N2O/c1-5-11(7-13)14-9(3)8(2)6-12(15)10(14)4/h8-11H,5-6H2,1-4H3. The summed E-state index contributed by atoms with van der Waals surface area (Å²) in [6.07, 6.45) is 1.44. The summed E-state index contributed by atoms with van der Waals surface area (Å²) in [6.45, 7) is 8.13. The number of hydrogen-bond donors (Lipinski definition) is 0. The number of piperidine rings is 1. The van der Waals surface area contributed by atoms with Crippen LogP contribution < -0.4 is 0 Å². The maximum absolute atomic E-state index is 11.7. The number of nitriles is 1. The monoisotopic (exact) mass is 208 g/mol. The van der Waals surface area contributed by atoms with Gasteiger partial charge in [-0.25, -0.2) is 0 Å². The Labute approximate surface area is 92.1 Å². The lowest BCUT2D eigenvalue weighted by molar-refractivity contribution is -0.131. The van der Waals surface area contributed by atoms with E-state index in [9.17, 15) is 4.79 Å². The number of ketones is 1. The van der Waals surface area contributed by atoms with Gasteiger partial charge in [-0.3, -0.25) is 9.69 Å². The van der Waals surface area contributed by atoms with Crippen LogP contribution in [0.25, 0.3) is 0 Å². The summed E-state index contributed by atoms with van der Waals surface area (Å²) in [5.74, 6) is 0.630. The van der Waals surface area contributed by atoms with Gasteiger partial charge in [-0.05, 0) is 26.2 Å². The van der Waals surface area contributed by atoms with E-state index in [-0.39, 0.29) is 17.9 Å². The van der Waals surface area contributed by atoms with E-state index in [0.29, 0.717) is 18.4 Å². The van der Waals surface area contributed by atoms with E-state index in [0.717, 1.165) is 6.42 Å². The van der Waals surface area contributed by atoms with Gasteiger partial charge in [0.1, 0.15) is 5.78 Å². The number of hydrogen-bond acceptors (Lipinski definition) is 3. The zero-order chi connectivity index (χ0) is 11.6. The van der Waals surface area contributed by atoms with Gasteiger partial charge >= 0.3 is 0 Å². The van der Waals surface area contributed by atoms with Crippen molar-refractivity contribution in [3.05, 3.63) is 0 Å². The summed E-state index contributed by atoms with van der Waals surface area (Å²) in [5.41, 5.74) is 0. The van der Waals surface area contributed by atoms with Gasteiger partial charge in [0.05, 0.1) is 18.2 Å². The number of carbonyl (C=O) groups is 1. The Bertz CT molecular complexity index is 282. The van der Waals surface area contributed by atoms with Gasteiger partial charge in [-0.2, -0.15) is 5.26 Å². The van der Waals surface area contributed by atoms with Gasteiger partial charge in [0.25, 0.3) is 0 Å². The Morgan fingerprint density at radius 2 is 2.13 bits per heavy atom. The molecule has 3 nitrogen and oxygen atoms in total. The van der Waals surface area contributed by atoms with E-state index in [2.05, 4.69) is 24.8 Å². The molecule has 0 radical (unpaired) electrons. The van der Waals surface area contributed by atoms with Crippen molar-refractivity contribution in [2.24, 2.45) is 5.92 Å². The van der Waals surface area contributed by atoms with Crippen LogP contribution in [-0.4, -0.2) is 28.8 Å². The molecule has 1 fully saturated rings. The Balaban J connectivity index is 2.91. The predicted molar refractivity (Wildman–Crippen MR) is 59.2 cm³/mol. The summed E-state index contributed by atoms with van der Waals surface area (Å²) in [4.78, 5) is 13.8. The fourth-order valence-electron chi connectivity index (χ4n) is 2.39. The van der Waals surface area contributed by atoms with Gasteiger partial charge in [0.15, 0.2) is 0 Å². The lowest BCUT2D eigenvalue weighted by Gasteiger charge is -2.43. The third-order valence-corrected chi connectivity index (χ3v) is 3.63. The number of carbonyl (C=O) groups excluding carboxylic acids is 1. The topological polar surface area (TPSA) is 44.1 Å². The van der Waals surface area contributed by atoms with Gasteiger partial charge in [0, 0.05) is 12.5 Å². The highest BCUT2D eigenvalue weighted by molar-refractivity contribution is 5.84. The van der Waals surface area contributed by atoms with Gasteiger partial charge in [-0.1, -0.05) is 13.8 Å². The molecule has 0 aromatic heterocycles. The van der Waals surface area contributed by atoms with Crippen LogP contribution in [0.4, 0.5) is 0 Å². The van der Waals surface area contributed by atoms with Gasteiger partial charge < -0.3 is 0 Å². The molecule has 3 heteroatoms. The third-order valence-electron chi connectivity index (χ3n) is 3.63. The first-order chi connectivity index (χ1) is 7.02. The molecule has 15 heavy (non-hydrogen) atoms. The second kappa shape index (κ2) is 4.76. The zero-order valence-corrected chi connectivity index (χ0v) is 10.0. The fourth-order valence-corrected chi connectivity index (χ4v) is 2.39. The maximum atomic E-state index is 11.7. The van der Waals surface area contributed by atoms with Crippen LogP contribution in [-0.2, 0) is 4.79 Å². The molecule has 4 unspecified atom stereocenters. The van der Waals surface area contributed by atoms with Gasteiger partial charge in [0.2, 0.25) is 0 Å². The molecule has 1 saturated heterocycles. The van der Waals surface area contributed by atoms with E-state index in [1.807, 2.05) is 13.8 Å². The molecule has 1 heterocycles. The lowest BCUT2D eigenvalue weighted by atomic mass is 9.85. The lowest BCUT2D eigenvalue weighted by Crippen LogP contribution is -2.56. The predicted octanol–water partition coefficient (Wildman–Crippen LogP) is 1.98. The number of nitrogens with zero attached hydrogens (tertiary/aromatic N) is 2. The highest BCUT2D eigenvalue weighted by atomic mass is 16.1. The van der Waals surface area contributed by atoms with E-state index in [1.165, 1.54) is 0 Å². The average Bonchev–Trinajstić information content (AvgIpc) is 2.21. The summed E-state index contributed by atoms with van der Waals surface area (Å²) in [6, 6.07) is 2.40. The molecule has 84 valence electrons. The normalized spacial score (nSPS) is 34.9. The van der Waals surface area contributed by atoms with E-state index < -0.39 is 0 Å². The Kier molecular flexibility index (Phi) is 3.87. The van der Waals surface area contributed by atoms with Crippen LogP contribution in [0.5, 0.6) is 0 Å². The minimum absolute atomic E-state index is 0.0965. The van der Waals surface area contributed by atoms with Crippen molar-refractivity contribution in [1.29, 1.82) is 5.26 Å². The minimum Gasteiger partial charge on any atom is -0.298 e. The van der Waals surface area contributed by atoms with Crippen LogP contribution in [0.2, 0.25) is 0 Å². The highest BCUT2D eigenvalue weighted by Gasteiger charge is 2.38. The van der Waals surface area contributed by atoms with Crippen molar-refractivity contribution >= 4 is 5.78 Å². The first kappa shape index (κ1) is 12.2. The smallest absolute Gasteiger partial charge is 0.150 e. The van der Waals surface area contributed by atoms with Crippen molar-refractivity contribution in [2.45, 2.75) is 58.7 Å². The van der Waals surface area contributed by atoms with Crippen LogP contribution in [0.15, 0.2) is 0 Å². The molecule has 0 amide bonds. The molecule has 0 N–H and O–H groups in total. The molecule has 4 atom stereocenters. The van der Waals surface area contributed by atoms with Crippen LogP contribution in [0.3, 0.4) is 0 Å². The quantitative estimate of drug-likeness (QED) is 0.697. The zero-order valence-electron chi connectivity index (χ0n) is 10.0. The summed E-state index contributed by atoms with van der Waals surface area (Å²) < 4.78 is 0. The Morgan fingerprint density at radius 1 is 1.53 bits per heavy atom. The van der Waals surface area contributed by atoms with Crippen LogP contribution in [0, 0.1) is 17.2 Å². The van der Waals surface area contributed by atoms with Crippen molar-refractivity contribution in [2.75, 3.05) is 0 Å². The molecular formula is C12H20N2O. The summed E-state index contributed by atoms with van der Waals surface area (Å²) >= 11 is 0. The molecule has 1 rings (SSSR count). The molecule has 0 aliphatic carbocycles. The molecule has 1 aliphatic heterocycles. The van der Waals surface area contributed by atoms with Crippen LogP contribution in [0.1, 0.15) is 40.5 Å². The van der Waals surface area contributed by atoms with Crippen molar-refractivity contribution in [1.82, 2.24) is 4.90 Å². The third kappa shape index (κ3) is 2.21. The first-order valence-corrected chi connectivity index (χ1v) is 5.72. The minimum atomic E-state index is -0.123. The second-order valence-electron chi connectivity index (χ2n) is 4.56. The molecule has 0 aromatic rings. The number of Topliss-reactive ketones (excluding diaryl/α,β-unsaturated/α-hetero) is 1. The Morgan fingerprint density at radius 3 is 2.60 bits per heavy atom. The SMILES string of the molecule is CCC(C#N)N1C(C)C(=O)CC(C)C1C. The van der Waals surface area contributed by atoms with E-state index in [4.69, 9.17) is 5.26 Å². The largest absolute Gasteiger partial charge is 0.298 e. The Hall–Kier alpha value is -0.880. The molecular weight excluding hydrogens is 188 g/mol. The average molecular weight is 208 g/mol. The molecule has 0 spiro atoms. The molecule has 1 aliphatic rings. The summed E-state index contributed by atoms with van der Waals surface area (Å²) in [5, 5.41) is 9.08. The summed E-state index contributed by atoms with van der Waals surface area (Å²) in [7, 11) is 0. The second-order valence-corrected chi connectivity index (χ2v) is 4.56. The fraction of sp³-hybridized carbons (Fsp3) is 0.833. The number of likely N-dealkylation sites (tertiary alicyclic amines) is 1. The van der Waals surface area contributed by atoms with Gasteiger partial charge in [-0.15, -0.1) is 0 Å². The highest BCUT2D eigenvalue weighted by Crippen LogP contribution is 2.27. The van der Waals surface area contributed by atoms with E-state index >= 15 is 0 Å². The van der Waals surface area contributed by atoms with Crippen molar-refractivity contribution < 1.29 is 4.79 Å². The van der Waals surface area contributed by atoms with Crippen LogP contribution >= 0.6 is 0 Å². The number of rotatable bonds is 2. The van der Waals surface area contributed by atoms with E-state index in [1.54, 1.807) is 0 Å². The molecule has 0 aromatic carbocycles.